The van der Waals surface area contributed by atoms with Gasteiger partial charge >= 0.3 is 0 Å². The first-order valence-electron chi connectivity index (χ1n) is 9.57. The second kappa shape index (κ2) is 6.58. The van der Waals surface area contributed by atoms with Crippen LogP contribution < -0.4 is 0 Å². The second-order valence-corrected chi connectivity index (χ2v) is 7.18. The van der Waals surface area contributed by atoms with Crippen molar-refractivity contribution in [2.45, 2.75) is 25.0 Å². The monoisotopic (exact) mass is 354 g/mol. The third-order valence-electron chi connectivity index (χ3n) is 5.39. The number of rotatable bonds is 3. The minimum absolute atomic E-state index is 0.607. The molecule has 0 radical (unpaired) electrons. The van der Waals surface area contributed by atoms with Gasteiger partial charge in [-0.05, 0) is 24.1 Å². The van der Waals surface area contributed by atoms with E-state index in [1.54, 1.807) is 0 Å². The zero-order chi connectivity index (χ0) is 18.1. The number of benzene rings is 2. The summed E-state index contributed by atoms with van der Waals surface area (Å²) in [5.41, 5.74) is 2.77. The summed E-state index contributed by atoms with van der Waals surface area (Å²) in [6, 6.07) is 21.0. The summed E-state index contributed by atoms with van der Waals surface area (Å²) in [4.78, 5) is 7.46. The molecule has 0 amide bonds. The van der Waals surface area contributed by atoms with Gasteiger partial charge in [0.1, 0.15) is 5.76 Å². The molecule has 2 heterocycles. The Bertz CT molecular complexity index is 956. The molecule has 3 aliphatic rings. The van der Waals surface area contributed by atoms with Crippen molar-refractivity contribution in [1.82, 2.24) is 4.90 Å². The maximum Gasteiger partial charge on any atom is 0.194 e. The fourth-order valence-electron chi connectivity index (χ4n) is 4.06. The second-order valence-electron chi connectivity index (χ2n) is 7.18. The van der Waals surface area contributed by atoms with Crippen molar-refractivity contribution >= 4 is 5.71 Å². The summed E-state index contributed by atoms with van der Waals surface area (Å²) in [6.45, 7) is 1.86. The summed E-state index contributed by atoms with van der Waals surface area (Å²) < 4.78 is 6.71. The Labute approximate surface area is 160 Å². The molecule has 0 saturated heterocycles. The molecule has 2 aromatic rings. The summed E-state index contributed by atoms with van der Waals surface area (Å²) >= 11 is 0. The molecule has 0 N–H and O–H groups in total. The number of fused-ring (bicyclic) bond motifs is 1. The lowest BCUT2D eigenvalue weighted by Crippen LogP contribution is -2.43. The molecule has 0 bridgehead atoms. The lowest BCUT2D eigenvalue weighted by molar-refractivity contribution is 0.0692. The highest BCUT2D eigenvalue weighted by molar-refractivity contribution is 6.06. The molecule has 0 spiro atoms. The van der Waals surface area contributed by atoms with Gasteiger partial charge in [-0.15, -0.1) is 0 Å². The summed E-state index contributed by atoms with van der Waals surface area (Å²) in [5, 5.41) is 0. The smallest absolute Gasteiger partial charge is 0.194 e. The lowest BCUT2D eigenvalue weighted by Gasteiger charge is -2.42. The van der Waals surface area contributed by atoms with E-state index >= 15 is 0 Å². The van der Waals surface area contributed by atoms with Crippen LogP contribution in [0.5, 0.6) is 0 Å². The van der Waals surface area contributed by atoms with Gasteiger partial charge in [-0.1, -0.05) is 72.8 Å². The van der Waals surface area contributed by atoms with E-state index in [1.807, 2.05) is 12.1 Å². The van der Waals surface area contributed by atoms with E-state index in [0.717, 1.165) is 48.8 Å². The molecule has 1 aliphatic carbocycles. The van der Waals surface area contributed by atoms with Gasteiger partial charge in [-0.2, -0.15) is 0 Å². The summed E-state index contributed by atoms with van der Waals surface area (Å²) in [7, 11) is 0. The van der Waals surface area contributed by atoms with Gasteiger partial charge in [0.05, 0.1) is 5.71 Å². The predicted octanol–water partition coefficient (Wildman–Crippen LogP) is 4.94. The number of allylic oxidation sites excluding steroid dienone is 3. The molecular weight excluding hydrogens is 332 g/mol. The molecule has 0 fully saturated rings. The average molecular weight is 354 g/mol. The summed E-state index contributed by atoms with van der Waals surface area (Å²) in [5.74, 6) is 2.00. The quantitative estimate of drug-likeness (QED) is 0.779. The Morgan fingerprint density at radius 3 is 2.56 bits per heavy atom. The van der Waals surface area contributed by atoms with Crippen LogP contribution >= 0.6 is 0 Å². The zero-order valence-corrected chi connectivity index (χ0v) is 15.2. The number of hydrogen-bond acceptors (Lipinski definition) is 3. The molecular formula is C24H22N2O. The number of ether oxygens (including phenoxy) is 1. The molecule has 1 unspecified atom stereocenters. The van der Waals surface area contributed by atoms with Crippen molar-refractivity contribution < 1.29 is 4.74 Å². The highest BCUT2D eigenvalue weighted by Crippen LogP contribution is 2.42. The van der Waals surface area contributed by atoms with E-state index in [2.05, 4.69) is 77.7 Å². The highest BCUT2D eigenvalue weighted by Gasteiger charge is 2.43. The van der Waals surface area contributed by atoms with Crippen LogP contribution in [-0.2, 0) is 16.9 Å². The van der Waals surface area contributed by atoms with Crippen LogP contribution in [0.25, 0.3) is 0 Å². The van der Waals surface area contributed by atoms with Gasteiger partial charge in [0, 0.05) is 25.1 Å². The lowest BCUT2D eigenvalue weighted by atomic mass is 9.84. The third kappa shape index (κ3) is 2.80. The molecule has 0 aromatic heterocycles. The Hall–Kier alpha value is -3.07. The maximum absolute atomic E-state index is 6.71. The van der Waals surface area contributed by atoms with Crippen LogP contribution in [0.15, 0.2) is 102 Å². The molecule has 2 aliphatic heterocycles. The Balaban J connectivity index is 1.54. The van der Waals surface area contributed by atoms with Crippen molar-refractivity contribution in [2.75, 3.05) is 6.54 Å². The number of nitrogens with zero attached hydrogens (tertiary/aromatic N) is 2. The van der Waals surface area contributed by atoms with E-state index in [4.69, 9.17) is 9.73 Å². The third-order valence-corrected chi connectivity index (χ3v) is 5.39. The van der Waals surface area contributed by atoms with Gasteiger partial charge in [-0.3, -0.25) is 0 Å². The van der Waals surface area contributed by atoms with Crippen molar-refractivity contribution in [2.24, 2.45) is 4.99 Å². The molecule has 3 heteroatoms. The van der Waals surface area contributed by atoms with Crippen LogP contribution in [0.4, 0.5) is 0 Å². The van der Waals surface area contributed by atoms with Gasteiger partial charge in [-0.25, -0.2) is 4.99 Å². The largest absolute Gasteiger partial charge is 0.472 e. The van der Waals surface area contributed by atoms with E-state index in [-0.39, 0.29) is 0 Å². The van der Waals surface area contributed by atoms with Crippen molar-refractivity contribution in [3.63, 3.8) is 0 Å². The fraction of sp³-hybridized carbons (Fsp3) is 0.208. The number of hydrogen-bond donors (Lipinski definition) is 0. The van der Waals surface area contributed by atoms with Crippen LogP contribution in [0.1, 0.15) is 24.0 Å². The van der Waals surface area contributed by atoms with Crippen LogP contribution in [0, 0.1) is 0 Å². The topological polar surface area (TPSA) is 24.8 Å². The van der Waals surface area contributed by atoms with E-state index in [1.165, 1.54) is 5.56 Å². The Morgan fingerprint density at radius 2 is 1.74 bits per heavy atom. The maximum atomic E-state index is 6.71. The van der Waals surface area contributed by atoms with Crippen LogP contribution in [-0.4, -0.2) is 17.2 Å². The molecule has 3 nitrogen and oxygen atoms in total. The molecule has 2 aromatic carbocycles. The Kier molecular flexibility index (Phi) is 3.93. The van der Waals surface area contributed by atoms with E-state index in [9.17, 15) is 0 Å². The molecule has 27 heavy (non-hydrogen) atoms. The first-order chi connectivity index (χ1) is 13.4. The molecule has 5 rings (SSSR count). The van der Waals surface area contributed by atoms with Crippen molar-refractivity contribution in [3.8, 4) is 0 Å². The standard InChI is InChI=1S/C24H22N2O/c1-3-10-19(11-4-1)18-26-17-9-14-21-23(26)25-22-15-7-8-16-24(22,27-21)20-12-5-2-6-13-20/h1-8,10-13,15-16H,9,14,17-18H2. The van der Waals surface area contributed by atoms with E-state index < -0.39 is 5.60 Å². The highest BCUT2D eigenvalue weighted by atomic mass is 16.5. The van der Waals surface area contributed by atoms with Gasteiger partial charge in [0.25, 0.3) is 0 Å². The fourth-order valence-corrected chi connectivity index (χ4v) is 4.06. The molecule has 1 atom stereocenters. The minimum atomic E-state index is -0.607. The SMILES string of the molecule is C1=CC2=NC3=C(CCCN3Cc3ccccc3)OC2(c2ccccc2)C=C1. The first-order valence-corrected chi connectivity index (χ1v) is 9.57. The van der Waals surface area contributed by atoms with Gasteiger partial charge in [0.15, 0.2) is 11.4 Å². The first kappa shape index (κ1) is 16.1. The van der Waals surface area contributed by atoms with Gasteiger partial charge < -0.3 is 9.64 Å². The van der Waals surface area contributed by atoms with Crippen LogP contribution in [0.3, 0.4) is 0 Å². The van der Waals surface area contributed by atoms with Gasteiger partial charge in [0.2, 0.25) is 0 Å². The zero-order valence-electron chi connectivity index (χ0n) is 15.2. The van der Waals surface area contributed by atoms with E-state index in [0.29, 0.717) is 0 Å². The average Bonchev–Trinajstić information content (AvgIpc) is 2.74. The Morgan fingerprint density at radius 1 is 0.963 bits per heavy atom. The minimum Gasteiger partial charge on any atom is -0.472 e. The summed E-state index contributed by atoms with van der Waals surface area (Å²) in [6.07, 6.45) is 10.3. The predicted molar refractivity (Wildman–Crippen MR) is 108 cm³/mol. The van der Waals surface area contributed by atoms with Crippen LogP contribution in [0.2, 0.25) is 0 Å². The number of aliphatic imine (C=N–C) groups is 1. The normalized spacial score (nSPS) is 23.4. The molecule has 134 valence electrons. The molecule has 0 saturated carbocycles. The van der Waals surface area contributed by atoms with Crippen molar-refractivity contribution in [1.29, 1.82) is 0 Å². The van der Waals surface area contributed by atoms with Crippen molar-refractivity contribution in [3.05, 3.63) is 108 Å².